The van der Waals surface area contributed by atoms with Gasteiger partial charge in [-0.3, -0.25) is 0 Å². The van der Waals surface area contributed by atoms with Crippen molar-refractivity contribution in [1.29, 1.82) is 0 Å². The Morgan fingerprint density at radius 2 is 1.90 bits per heavy atom. The lowest BCUT2D eigenvalue weighted by Crippen LogP contribution is -2.04. The lowest BCUT2D eigenvalue weighted by atomic mass is 10.0. The molecular formula is C17H18BrN3. The molecule has 3 nitrogen and oxygen atoms in total. The molecule has 21 heavy (non-hydrogen) atoms. The molecule has 3 aromatic rings. The molecule has 0 saturated heterocycles. The minimum Gasteiger partial charge on any atom is -0.324 e. The summed E-state index contributed by atoms with van der Waals surface area (Å²) in [5, 5.41) is 0. The van der Waals surface area contributed by atoms with Crippen LogP contribution in [0.1, 0.15) is 31.1 Å². The maximum absolute atomic E-state index is 5.91. The molecule has 1 unspecified atom stereocenters. The molecule has 0 fully saturated rings. The molecule has 0 aliphatic heterocycles. The molecule has 2 N–H and O–H groups in total. The summed E-state index contributed by atoms with van der Waals surface area (Å²) in [6.45, 7) is 4.15. The van der Waals surface area contributed by atoms with Gasteiger partial charge in [-0.05, 0) is 47.0 Å². The zero-order valence-corrected chi connectivity index (χ0v) is 13.8. The normalized spacial score (nSPS) is 12.8. The van der Waals surface area contributed by atoms with Crippen molar-refractivity contribution in [3.8, 4) is 11.3 Å². The van der Waals surface area contributed by atoms with Crippen molar-refractivity contribution in [2.75, 3.05) is 0 Å². The van der Waals surface area contributed by atoms with E-state index >= 15 is 0 Å². The van der Waals surface area contributed by atoms with Crippen molar-refractivity contribution in [1.82, 2.24) is 9.38 Å². The molecule has 2 heterocycles. The van der Waals surface area contributed by atoms with Gasteiger partial charge in [0.15, 0.2) is 0 Å². The van der Waals surface area contributed by atoms with Gasteiger partial charge in [0.2, 0.25) is 0 Å². The molecule has 0 radical (unpaired) electrons. The van der Waals surface area contributed by atoms with Gasteiger partial charge in [-0.25, -0.2) is 4.98 Å². The number of pyridine rings is 1. The van der Waals surface area contributed by atoms with E-state index in [1.807, 2.05) is 19.1 Å². The molecule has 0 bridgehead atoms. The number of benzene rings is 1. The molecule has 3 rings (SSSR count). The summed E-state index contributed by atoms with van der Waals surface area (Å²) in [4.78, 5) is 4.78. The third-order valence-electron chi connectivity index (χ3n) is 3.73. The van der Waals surface area contributed by atoms with Crippen LogP contribution in [0.5, 0.6) is 0 Å². The van der Waals surface area contributed by atoms with Gasteiger partial charge in [-0.15, -0.1) is 0 Å². The summed E-state index contributed by atoms with van der Waals surface area (Å²) in [7, 11) is 0. The summed E-state index contributed by atoms with van der Waals surface area (Å²) < 4.78 is 3.21. The van der Waals surface area contributed by atoms with Crippen molar-refractivity contribution >= 4 is 21.6 Å². The second kappa shape index (κ2) is 5.62. The number of aromatic nitrogens is 2. The predicted molar refractivity (Wildman–Crippen MR) is 90.3 cm³/mol. The second-order valence-corrected chi connectivity index (χ2v) is 6.16. The van der Waals surface area contributed by atoms with Crippen LogP contribution in [-0.2, 0) is 6.42 Å². The average molecular weight is 344 g/mol. The zero-order chi connectivity index (χ0) is 15.0. The Kier molecular flexibility index (Phi) is 3.83. The fraction of sp³-hybridized carbons (Fsp3) is 0.235. The third kappa shape index (κ3) is 2.61. The van der Waals surface area contributed by atoms with E-state index in [2.05, 4.69) is 57.7 Å². The number of nitrogens with two attached hydrogens (primary N) is 1. The number of nitrogens with zero attached hydrogens (tertiary/aromatic N) is 2. The lowest BCUT2D eigenvalue weighted by Gasteiger charge is -2.07. The molecule has 0 spiro atoms. The van der Waals surface area contributed by atoms with Gasteiger partial charge >= 0.3 is 0 Å². The van der Waals surface area contributed by atoms with Crippen molar-refractivity contribution in [3.05, 3.63) is 58.3 Å². The highest BCUT2D eigenvalue weighted by molar-refractivity contribution is 9.10. The minimum atomic E-state index is 0.0571. The first-order valence-electron chi connectivity index (χ1n) is 7.12. The van der Waals surface area contributed by atoms with Crippen LogP contribution >= 0.6 is 15.9 Å². The van der Waals surface area contributed by atoms with Crippen LogP contribution in [0, 0.1) is 0 Å². The summed E-state index contributed by atoms with van der Waals surface area (Å²) in [6, 6.07) is 12.5. The first-order chi connectivity index (χ1) is 10.1. The zero-order valence-electron chi connectivity index (χ0n) is 12.2. The highest BCUT2D eigenvalue weighted by Crippen LogP contribution is 2.27. The Morgan fingerprint density at radius 1 is 1.19 bits per heavy atom. The van der Waals surface area contributed by atoms with E-state index in [0.29, 0.717) is 0 Å². The van der Waals surface area contributed by atoms with Crippen LogP contribution in [0.3, 0.4) is 0 Å². The van der Waals surface area contributed by atoms with Crippen LogP contribution in [-0.4, -0.2) is 9.38 Å². The highest BCUT2D eigenvalue weighted by Gasteiger charge is 2.13. The number of fused-ring (bicyclic) bond motifs is 1. The average Bonchev–Trinajstić information content (AvgIpc) is 2.85. The van der Waals surface area contributed by atoms with E-state index in [1.54, 1.807) is 0 Å². The van der Waals surface area contributed by atoms with E-state index in [1.165, 1.54) is 5.69 Å². The number of rotatable bonds is 3. The van der Waals surface area contributed by atoms with Crippen molar-refractivity contribution < 1.29 is 0 Å². The van der Waals surface area contributed by atoms with Crippen molar-refractivity contribution in [2.24, 2.45) is 5.73 Å². The van der Waals surface area contributed by atoms with Gasteiger partial charge in [0.1, 0.15) is 5.65 Å². The second-order valence-electron chi connectivity index (χ2n) is 5.25. The molecular weight excluding hydrogens is 326 g/mol. The molecule has 4 heteroatoms. The first-order valence-corrected chi connectivity index (χ1v) is 7.92. The standard InChI is InChI=1S/C17H18BrN3/c1-3-15-17(13-6-4-12(5-7-13)11(2)19)20-16-9-8-14(18)10-21(15)16/h4-11H,3,19H2,1-2H3. The SMILES string of the molecule is CCc1c(-c2ccc(C(C)N)cc2)nc2ccc(Br)cn12. The molecule has 108 valence electrons. The number of halogens is 1. The van der Waals surface area contributed by atoms with E-state index in [0.717, 1.165) is 33.4 Å². The van der Waals surface area contributed by atoms with Crippen LogP contribution in [0.25, 0.3) is 16.9 Å². The third-order valence-corrected chi connectivity index (χ3v) is 4.20. The van der Waals surface area contributed by atoms with Gasteiger partial charge in [-0.1, -0.05) is 31.2 Å². The molecule has 0 aliphatic carbocycles. The maximum Gasteiger partial charge on any atom is 0.137 e. The Labute approximate surface area is 132 Å². The number of hydrogen-bond acceptors (Lipinski definition) is 2. The molecule has 1 aromatic carbocycles. The molecule has 0 amide bonds. The van der Waals surface area contributed by atoms with Crippen LogP contribution in [0.2, 0.25) is 0 Å². The summed E-state index contributed by atoms with van der Waals surface area (Å²) in [5.74, 6) is 0. The monoisotopic (exact) mass is 343 g/mol. The highest BCUT2D eigenvalue weighted by atomic mass is 79.9. The fourth-order valence-corrected chi connectivity index (χ4v) is 2.92. The summed E-state index contributed by atoms with van der Waals surface area (Å²) in [6.07, 6.45) is 3.00. The van der Waals surface area contributed by atoms with E-state index in [-0.39, 0.29) is 6.04 Å². The fourth-order valence-electron chi connectivity index (χ4n) is 2.58. The molecule has 0 aliphatic rings. The smallest absolute Gasteiger partial charge is 0.137 e. The predicted octanol–water partition coefficient (Wildman–Crippen LogP) is 4.35. The Morgan fingerprint density at radius 3 is 2.52 bits per heavy atom. The number of imidazole rings is 1. The summed E-state index contributed by atoms with van der Waals surface area (Å²) >= 11 is 3.52. The van der Waals surface area contributed by atoms with E-state index < -0.39 is 0 Å². The van der Waals surface area contributed by atoms with Gasteiger partial charge in [0, 0.05) is 22.3 Å². The van der Waals surface area contributed by atoms with Gasteiger partial charge < -0.3 is 10.1 Å². The molecule has 0 saturated carbocycles. The summed E-state index contributed by atoms with van der Waals surface area (Å²) in [5.41, 5.74) is 11.4. The van der Waals surface area contributed by atoms with Crippen molar-refractivity contribution in [3.63, 3.8) is 0 Å². The Hall–Kier alpha value is -1.65. The van der Waals surface area contributed by atoms with E-state index in [4.69, 9.17) is 10.7 Å². The topological polar surface area (TPSA) is 43.3 Å². The van der Waals surface area contributed by atoms with Crippen LogP contribution < -0.4 is 5.73 Å². The largest absolute Gasteiger partial charge is 0.324 e. The lowest BCUT2D eigenvalue weighted by molar-refractivity contribution is 0.818. The molecule has 1 atom stereocenters. The first kappa shape index (κ1) is 14.3. The molecule has 2 aromatic heterocycles. The number of aryl methyl sites for hydroxylation is 1. The van der Waals surface area contributed by atoms with Crippen molar-refractivity contribution in [2.45, 2.75) is 26.3 Å². The quantitative estimate of drug-likeness (QED) is 0.768. The van der Waals surface area contributed by atoms with Crippen LogP contribution in [0.4, 0.5) is 0 Å². The van der Waals surface area contributed by atoms with E-state index in [9.17, 15) is 0 Å². The Bertz CT molecular complexity index is 773. The maximum atomic E-state index is 5.91. The minimum absolute atomic E-state index is 0.0571. The van der Waals surface area contributed by atoms with Gasteiger partial charge in [-0.2, -0.15) is 0 Å². The van der Waals surface area contributed by atoms with Gasteiger partial charge in [0.25, 0.3) is 0 Å². The number of hydrogen-bond donors (Lipinski definition) is 1. The Balaban J connectivity index is 2.15. The van der Waals surface area contributed by atoms with Crippen LogP contribution in [0.15, 0.2) is 47.1 Å². The van der Waals surface area contributed by atoms with Gasteiger partial charge in [0.05, 0.1) is 11.4 Å².